The maximum atomic E-state index is 12.6. The fraction of sp³-hybridized carbons (Fsp3) is 0.471. The third kappa shape index (κ3) is 6.55. The van der Waals surface area contributed by atoms with Crippen LogP contribution in [-0.4, -0.2) is 126 Å². The summed E-state index contributed by atoms with van der Waals surface area (Å²) in [5.41, 5.74) is 2.33. The van der Waals surface area contributed by atoms with Gasteiger partial charge in [-0.2, -0.15) is 10.4 Å². The first-order valence-electron chi connectivity index (χ1n) is 16.5. The molecule has 4 radical (unpaired) electrons. The van der Waals surface area contributed by atoms with Crippen LogP contribution in [0.5, 0.6) is 11.6 Å². The van der Waals surface area contributed by atoms with Crippen LogP contribution in [0.1, 0.15) is 38.3 Å². The Morgan fingerprint density at radius 2 is 1.88 bits per heavy atom. The van der Waals surface area contributed by atoms with E-state index < -0.39 is 10.9 Å². The molecule has 1 amide bonds. The van der Waals surface area contributed by atoms with Crippen LogP contribution in [0.15, 0.2) is 49.2 Å². The molecule has 0 aliphatic carbocycles. The zero-order valence-corrected chi connectivity index (χ0v) is 28.5. The Morgan fingerprint density at radius 1 is 1.08 bits per heavy atom. The van der Waals surface area contributed by atoms with Crippen molar-refractivity contribution in [1.82, 2.24) is 34.4 Å². The van der Waals surface area contributed by atoms with Crippen molar-refractivity contribution in [3.05, 3.63) is 60.3 Å². The molecule has 2 bridgehead atoms. The molecule has 4 aromatic rings. The number of piperazine rings is 1. The minimum Gasteiger partial charge on any atom is -0.489 e. The molecule has 4 aromatic heterocycles. The summed E-state index contributed by atoms with van der Waals surface area (Å²) >= 11 is 0. The standard InChI is InChI=1S/C34H37B2N9O5/c1-33(2,3)50-32(46)42-7-8-48-26(18-42)20-49-25-10-27(31-21(11-37)12-41-44(31)19-25)28-14-39-29(15-38-28)43-16-23-9-24(17-43)45(23)34(35,36)22-5-6-30(47-4)40-13-22/h5-6,10,12-15,19,23-24,26H,7-9,16-18,20H2,1-4H3. The number of rotatable bonds is 8. The highest BCUT2D eigenvalue weighted by Crippen LogP contribution is 2.41. The largest absolute Gasteiger partial charge is 0.489 e. The highest BCUT2D eigenvalue weighted by Gasteiger charge is 2.50. The van der Waals surface area contributed by atoms with Gasteiger partial charge in [0.25, 0.3) is 0 Å². The van der Waals surface area contributed by atoms with Crippen molar-refractivity contribution in [3.63, 3.8) is 0 Å². The molecule has 0 N–H and O–H groups in total. The molecule has 254 valence electrons. The number of amides is 1. The highest BCUT2D eigenvalue weighted by atomic mass is 16.6. The Balaban J connectivity index is 1.05. The van der Waals surface area contributed by atoms with E-state index in [1.54, 1.807) is 47.4 Å². The number of hydrogen-bond donors (Lipinski definition) is 0. The summed E-state index contributed by atoms with van der Waals surface area (Å²) < 4.78 is 24.4. The van der Waals surface area contributed by atoms with Crippen molar-refractivity contribution in [2.75, 3.05) is 51.4 Å². The van der Waals surface area contributed by atoms with Gasteiger partial charge in [0.05, 0.1) is 77.5 Å². The molecule has 3 unspecified atom stereocenters. The lowest BCUT2D eigenvalue weighted by Crippen LogP contribution is -2.74. The first kappa shape index (κ1) is 33.6. The molecule has 0 aromatic carbocycles. The number of piperidine rings is 1. The van der Waals surface area contributed by atoms with E-state index in [1.807, 2.05) is 32.9 Å². The predicted octanol–water partition coefficient (Wildman–Crippen LogP) is 2.49. The zero-order valence-electron chi connectivity index (χ0n) is 28.5. The van der Waals surface area contributed by atoms with Crippen LogP contribution in [0.2, 0.25) is 0 Å². The number of morpholine rings is 1. The van der Waals surface area contributed by atoms with Gasteiger partial charge in [-0.1, -0.05) is 6.07 Å². The fourth-order valence-corrected chi connectivity index (χ4v) is 6.87. The topological polar surface area (TPSA) is 143 Å². The Kier molecular flexibility index (Phi) is 8.81. The number of nitriles is 1. The molecule has 0 spiro atoms. The van der Waals surface area contributed by atoms with Crippen molar-refractivity contribution in [1.29, 1.82) is 5.26 Å². The van der Waals surface area contributed by atoms with Crippen LogP contribution in [0, 0.1) is 11.3 Å². The van der Waals surface area contributed by atoms with Gasteiger partial charge in [0.2, 0.25) is 5.88 Å². The van der Waals surface area contributed by atoms with E-state index in [-0.39, 0.29) is 30.9 Å². The Bertz CT molecular complexity index is 1900. The first-order valence-corrected chi connectivity index (χ1v) is 16.5. The second-order valence-electron chi connectivity index (χ2n) is 13.8. The number of aromatic nitrogens is 5. The van der Waals surface area contributed by atoms with Gasteiger partial charge in [0.1, 0.15) is 35.9 Å². The van der Waals surface area contributed by atoms with Gasteiger partial charge in [-0.15, -0.1) is 0 Å². The van der Waals surface area contributed by atoms with E-state index in [4.69, 9.17) is 44.6 Å². The van der Waals surface area contributed by atoms with Crippen molar-refractivity contribution in [2.45, 2.75) is 56.3 Å². The SMILES string of the molecule is [B]C([B])(c1ccc(OC)nc1)N1C2CC1CN(c1cnc(-c3cc(OCC4CN(C(=O)OC(C)(C)C)CCO4)cn4ncc(C#N)c34)cn1)C2. The Labute approximate surface area is 293 Å². The molecular formula is C34H37B2N9O5. The molecule has 3 atom stereocenters. The van der Waals surface area contributed by atoms with Gasteiger partial charge in [-0.25, -0.2) is 19.3 Å². The highest BCUT2D eigenvalue weighted by molar-refractivity contribution is 6.39. The van der Waals surface area contributed by atoms with Gasteiger partial charge in [0.15, 0.2) is 0 Å². The van der Waals surface area contributed by atoms with Crippen LogP contribution in [0.25, 0.3) is 16.8 Å². The third-order valence-corrected chi connectivity index (χ3v) is 9.20. The molecule has 8 rings (SSSR count). The number of carbonyl (C=O) groups is 1. The number of methoxy groups -OCH3 is 1. The Morgan fingerprint density at radius 3 is 2.54 bits per heavy atom. The van der Waals surface area contributed by atoms with Crippen LogP contribution in [-0.2, 0) is 14.8 Å². The Hall–Kier alpha value is -4.87. The molecule has 0 saturated carbocycles. The van der Waals surface area contributed by atoms with E-state index in [1.165, 1.54) is 6.20 Å². The van der Waals surface area contributed by atoms with Gasteiger partial charge < -0.3 is 33.6 Å². The summed E-state index contributed by atoms with van der Waals surface area (Å²) in [5.74, 6) is 1.73. The molecule has 4 fully saturated rings. The minimum atomic E-state index is -1.17. The summed E-state index contributed by atoms with van der Waals surface area (Å²) in [4.78, 5) is 32.4. The molecule has 4 saturated heterocycles. The molecule has 16 heteroatoms. The predicted molar refractivity (Wildman–Crippen MR) is 184 cm³/mol. The molecule has 4 aliphatic rings. The van der Waals surface area contributed by atoms with Gasteiger partial charge >= 0.3 is 6.09 Å². The smallest absolute Gasteiger partial charge is 0.410 e. The van der Waals surface area contributed by atoms with E-state index in [2.05, 4.69) is 26.0 Å². The van der Waals surface area contributed by atoms with Gasteiger partial charge in [-0.05, 0) is 44.2 Å². The van der Waals surface area contributed by atoms with Crippen molar-refractivity contribution >= 4 is 33.1 Å². The van der Waals surface area contributed by atoms with Crippen molar-refractivity contribution in [3.8, 4) is 29.0 Å². The lowest BCUT2D eigenvalue weighted by molar-refractivity contribution is -0.0557. The number of carbonyl (C=O) groups excluding carboxylic acids is 1. The number of nitrogens with zero attached hydrogens (tertiary/aromatic N) is 9. The van der Waals surface area contributed by atoms with Crippen molar-refractivity contribution in [2.24, 2.45) is 0 Å². The lowest BCUT2D eigenvalue weighted by atomic mass is 9.54. The van der Waals surface area contributed by atoms with Crippen LogP contribution in [0.3, 0.4) is 0 Å². The van der Waals surface area contributed by atoms with Crippen molar-refractivity contribution < 1.29 is 23.7 Å². The average Bonchev–Trinajstić information content (AvgIpc) is 3.53. The number of ether oxygens (including phenoxy) is 4. The number of fused-ring (bicyclic) bond motifs is 3. The average molecular weight is 673 g/mol. The summed E-state index contributed by atoms with van der Waals surface area (Å²) in [6.07, 6.45) is 8.56. The molecule has 14 nitrogen and oxygen atoms in total. The van der Waals surface area contributed by atoms with Gasteiger partial charge in [0, 0.05) is 49.5 Å². The zero-order chi connectivity index (χ0) is 35.2. The van der Waals surface area contributed by atoms with Gasteiger partial charge in [-0.3, -0.25) is 4.98 Å². The number of anilines is 1. The maximum Gasteiger partial charge on any atom is 0.410 e. The molecule has 8 heterocycles. The normalized spacial score (nSPS) is 21.0. The van der Waals surface area contributed by atoms with Crippen LogP contribution in [0.4, 0.5) is 10.6 Å². The van der Waals surface area contributed by atoms with E-state index in [9.17, 15) is 10.1 Å². The second kappa shape index (κ2) is 13.1. The third-order valence-electron chi connectivity index (χ3n) is 9.20. The summed E-state index contributed by atoms with van der Waals surface area (Å²) in [6, 6.07) is 7.91. The first-order chi connectivity index (χ1) is 23.9. The quantitative estimate of drug-likeness (QED) is 0.254. The monoisotopic (exact) mass is 673 g/mol. The fourth-order valence-electron chi connectivity index (χ4n) is 6.87. The molecule has 4 aliphatic heterocycles. The number of pyridine rings is 2. The van der Waals surface area contributed by atoms with E-state index in [0.29, 0.717) is 72.3 Å². The summed E-state index contributed by atoms with van der Waals surface area (Å²) in [5, 5.41) is 13.0. The summed E-state index contributed by atoms with van der Waals surface area (Å²) in [6.45, 7) is 8.24. The molecular weight excluding hydrogens is 636 g/mol. The van der Waals surface area contributed by atoms with Crippen LogP contribution < -0.4 is 14.4 Å². The number of hydrogen-bond acceptors (Lipinski definition) is 12. The summed E-state index contributed by atoms with van der Waals surface area (Å²) in [7, 11) is 14.9. The lowest BCUT2D eigenvalue weighted by Gasteiger charge is -2.63. The maximum absolute atomic E-state index is 12.6. The second-order valence-corrected chi connectivity index (χ2v) is 13.8. The van der Waals surface area contributed by atoms with Crippen LogP contribution >= 0.6 is 0 Å². The van der Waals surface area contributed by atoms with E-state index in [0.717, 1.165) is 12.2 Å². The molecule has 50 heavy (non-hydrogen) atoms. The van der Waals surface area contributed by atoms with E-state index >= 15 is 0 Å². The minimum absolute atomic E-state index is 0.134.